The number of hydrogen-bond donors (Lipinski definition) is 2. The van der Waals surface area contributed by atoms with Crippen molar-refractivity contribution in [2.45, 2.75) is 89.6 Å². The van der Waals surface area contributed by atoms with Crippen LogP contribution in [0.2, 0.25) is 0 Å². The molecule has 10 heteroatoms. The molecule has 2 saturated carbocycles. The SMILES string of the molecule is C#Cc1c(C)ccc2cc(O)cc(-c3c(C(C)C)cc4c(N5CC6CCC(C5)N6)nc(OCC5(CN6CCC7(CC6)CC7(F)F)CC5)nc4c3F)c12. The van der Waals surface area contributed by atoms with Gasteiger partial charge in [0.2, 0.25) is 0 Å². The van der Waals surface area contributed by atoms with Crippen LogP contribution in [0.5, 0.6) is 11.8 Å². The topological polar surface area (TPSA) is 73.8 Å². The zero-order valence-corrected chi connectivity index (χ0v) is 30.2. The number of piperidine rings is 1. The van der Waals surface area contributed by atoms with Gasteiger partial charge < -0.3 is 25.0 Å². The predicted octanol–water partition coefficient (Wildman–Crippen LogP) is 7.93. The largest absolute Gasteiger partial charge is 0.508 e. The number of rotatable bonds is 8. The van der Waals surface area contributed by atoms with E-state index in [4.69, 9.17) is 21.1 Å². The standard InChI is InChI=1S/C42H46F3N5O2/c1-5-30-25(4)6-7-26-16-29(51)17-32(34(26)30)35-31(24(2)3)18-33-37(36(35)43)47-39(48-38(33)50-19-27-8-9-28(20-50)46-27)52-23-40(10-11-40)22-49-14-12-41(13-15-49)21-42(41,44)45/h1,6-7,16-18,24,27-28,46,51H,8-15,19-23H2,2-4H3. The number of phenols is 1. The molecular weight excluding hydrogens is 663 g/mol. The van der Waals surface area contributed by atoms with Crippen LogP contribution in [0.3, 0.4) is 0 Å². The maximum Gasteiger partial charge on any atom is 0.319 e. The molecule has 52 heavy (non-hydrogen) atoms. The molecule has 2 unspecified atom stereocenters. The Morgan fingerprint density at radius 1 is 1.06 bits per heavy atom. The zero-order valence-electron chi connectivity index (χ0n) is 30.2. The quantitative estimate of drug-likeness (QED) is 0.180. The Kier molecular flexibility index (Phi) is 7.77. The average molecular weight is 710 g/mol. The molecule has 0 radical (unpaired) electrons. The first-order valence-corrected chi connectivity index (χ1v) is 18.9. The van der Waals surface area contributed by atoms with Gasteiger partial charge in [-0.05, 0) is 105 Å². The van der Waals surface area contributed by atoms with Gasteiger partial charge in [-0.3, -0.25) is 0 Å². The summed E-state index contributed by atoms with van der Waals surface area (Å²) in [7, 11) is 0. The average Bonchev–Trinajstić information content (AvgIpc) is 3.96. The molecule has 4 aromatic rings. The molecule has 5 fully saturated rings. The Labute approximate surface area is 302 Å². The second-order valence-electron chi connectivity index (χ2n) is 16.8. The minimum atomic E-state index is -2.50. The van der Waals surface area contributed by atoms with Crippen molar-refractivity contribution < 1.29 is 23.0 Å². The summed E-state index contributed by atoms with van der Waals surface area (Å²) in [5, 5.41) is 16.7. The highest BCUT2D eigenvalue weighted by atomic mass is 19.3. The first-order valence-electron chi connectivity index (χ1n) is 18.9. The minimum Gasteiger partial charge on any atom is -0.508 e. The number of anilines is 1. The Hall–Kier alpha value is -4.07. The van der Waals surface area contributed by atoms with Crippen molar-refractivity contribution in [3.05, 3.63) is 52.8 Å². The predicted molar refractivity (Wildman–Crippen MR) is 198 cm³/mol. The van der Waals surface area contributed by atoms with Crippen molar-refractivity contribution in [2.24, 2.45) is 10.8 Å². The lowest BCUT2D eigenvalue weighted by Crippen LogP contribution is -2.51. The monoisotopic (exact) mass is 709 g/mol. The summed E-state index contributed by atoms with van der Waals surface area (Å²) in [4.78, 5) is 14.4. The van der Waals surface area contributed by atoms with E-state index in [0.29, 0.717) is 72.5 Å². The fourth-order valence-corrected chi connectivity index (χ4v) is 9.43. The Bertz CT molecular complexity index is 2140. The first kappa shape index (κ1) is 33.7. The molecule has 272 valence electrons. The highest BCUT2D eigenvalue weighted by Crippen LogP contribution is 2.66. The summed E-state index contributed by atoms with van der Waals surface area (Å²) >= 11 is 0. The van der Waals surface area contributed by atoms with Crippen molar-refractivity contribution in [3.63, 3.8) is 0 Å². The summed E-state index contributed by atoms with van der Waals surface area (Å²) in [6, 6.07) is 9.93. The Balaban J connectivity index is 1.12. The minimum absolute atomic E-state index is 0.0247. The highest BCUT2D eigenvalue weighted by molar-refractivity contribution is 6.05. The van der Waals surface area contributed by atoms with Crippen LogP contribution in [0.1, 0.15) is 81.4 Å². The van der Waals surface area contributed by atoms with Gasteiger partial charge in [0.25, 0.3) is 5.92 Å². The molecule has 4 heterocycles. The van der Waals surface area contributed by atoms with E-state index in [0.717, 1.165) is 67.2 Å². The van der Waals surface area contributed by atoms with Crippen LogP contribution in [-0.4, -0.2) is 77.3 Å². The van der Waals surface area contributed by atoms with E-state index in [9.17, 15) is 13.9 Å². The lowest BCUT2D eigenvalue weighted by molar-refractivity contribution is 0.0252. The van der Waals surface area contributed by atoms with Crippen molar-refractivity contribution in [1.82, 2.24) is 20.2 Å². The number of aromatic hydroxyl groups is 1. The number of alkyl halides is 2. The molecule has 2 N–H and O–H groups in total. The van der Waals surface area contributed by atoms with E-state index >= 15 is 4.39 Å². The molecule has 9 rings (SSSR count). The van der Waals surface area contributed by atoms with E-state index in [1.165, 1.54) is 0 Å². The lowest BCUT2D eigenvalue weighted by atomic mass is 9.86. The zero-order chi connectivity index (χ0) is 36.2. The van der Waals surface area contributed by atoms with Gasteiger partial charge in [0.05, 0.1) is 6.61 Å². The number of halogens is 3. The normalized spacial score (nSPS) is 24.2. The highest BCUT2D eigenvalue weighted by Gasteiger charge is 2.70. The van der Waals surface area contributed by atoms with Gasteiger partial charge in [-0.2, -0.15) is 9.97 Å². The third-order valence-corrected chi connectivity index (χ3v) is 12.8. The summed E-state index contributed by atoms with van der Waals surface area (Å²) in [6.45, 7) is 10.0. The van der Waals surface area contributed by atoms with E-state index in [-0.39, 0.29) is 35.0 Å². The van der Waals surface area contributed by atoms with Crippen LogP contribution in [0, 0.1) is 35.9 Å². The number of hydrogen-bond acceptors (Lipinski definition) is 7. The number of likely N-dealkylation sites (tertiary alicyclic amines) is 1. The van der Waals surface area contributed by atoms with Crippen LogP contribution < -0.4 is 15.0 Å². The third kappa shape index (κ3) is 5.58. The van der Waals surface area contributed by atoms with Crippen LogP contribution in [0.15, 0.2) is 30.3 Å². The van der Waals surface area contributed by atoms with Gasteiger partial charge in [-0.25, -0.2) is 13.2 Å². The van der Waals surface area contributed by atoms with E-state index in [1.807, 2.05) is 39.0 Å². The summed E-state index contributed by atoms with van der Waals surface area (Å²) < 4.78 is 52.1. The molecule has 5 aliphatic rings. The number of benzene rings is 3. The van der Waals surface area contributed by atoms with E-state index in [2.05, 4.69) is 21.0 Å². The van der Waals surface area contributed by atoms with Crippen LogP contribution >= 0.6 is 0 Å². The molecule has 2 bridgehead atoms. The van der Waals surface area contributed by atoms with E-state index < -0.39 is 17.2 Å². The van der Waals surface area contributed by atoms with Crippen LogP contribution in [-0.2, 0) is 0 Å². The van der Waals surface area contributed by atoms with Gasteiger partial charge in [0, 0.05) is 70.9 Å². The van der Waals surface area contributed by atoms with Gasteiger partial charge in [0.15, 0.2) is 5.82 Å². The van der Waals surface area contributed by atoms with Gasteiger partial charge in [-0.15, -0.1) is 6.42 Å². The molecule has 1 spiro atoms. The summed E-state index contributed by atoms with van der Waals surface area (Å²) in [5.41, 5.74) is 2.53. The number of ether oxygens (including phenoxy) is 1. The number of nitrogens with one attached hydrogen (secondary N) is 1. The van der Waals surface area contributed by atoms with Crippen molar-refractivity contribution in [3.8, 4) is 35.2 Å². The Morgan fingerprint density at radius 3 is 2.40 bits per heavy atom. The number of terminal acetylenes is 1. The van der Waals surface area contributed by atoms with Gasteiger partial charge in [0.1, 0.15) is 17.1 Å². The summed E-state index contributed by atoms with van der Waals surface area (Å²) in [6.07, 6.45) is 11.3. The van der Waals surface area contributed by atoms with Crippen molar-refractivity contribution in [2.75, 3.05) is 44.2 Å². The fourth-order valence-electron chi connectivity index (χ4n) is 9.43. The molecule has 3 aliphatic heterocycles. The smallest absolute Gasteiger partial charge is 0.319 e. The maximum absolute atomic E-state index is 17.6. The number of nitrogens with zero attached hydrogens (tertiary/aromatic N) is 4. The molecule has 1 aromatic heterocycles. The molecule has 2 atom stereocenters. The first-order chi connectivity index (χ1) is 24.9. The molecule has 3 aromatic carbocycles. The molecule has 2 aliphatic carbocycles. The third-order valence-electron chi connectivity index (χ3n) is 12.8. The van der Waals surface area contributed by atoms with Crippen molar-refractivity contribution in [1.29, 1.82) is 0 Å². The molecule has 0 amide bonds. The number of aryl methyl sites for hydroxylation is 1. The number of fused-ring (bicyclic) bond motifs is 4. The second-order valence-corrected chi connectivity index (χ2v) is 16.8. The molecule has 7 nitrogen and oxygen atoms in total. The van der Waals surface area contributed by atoms with Gasteiger partial charge >= 0.3 is 6.01 Å². The number of aromatic nitrogens is 2. The van der Waals surface area contributed by atoms with E-state index in [1.54, 1.807) is 12.1 Å². The number of piperazine rings is 1. The molecule has 3 saturated heterocycles. The number of phenolic OH excluding ortho intramolecular Hbond substituents is 1. The van der Waals surface area contributed by atoms with Crippen molar-refractivity contribution >= 4 is 27.5 Å². The lowest BCUT2D eigenvalue weighted by Gasteiger charge is -2.35. The van der Waals surface area contributed by atoms with Crippen LogP contribution in [0.4, 0.5) is 19.0 Å². The molecular formula is C42H46F3N5O2. The maximum atomic E-state index is 17.6. The van der Waals surface area contributed by atoms with Crippen LogP contribution in [0.25, 0.3) is 32.8 Å². The van der Waals surface area contributed by atoms with Gasteiger partial charge in [-0.1, -0.05) is 31.9 Å². The Morgan fingerprint density at radius 2 is 1.77 bits per heavy atom. The second kappa shape index (κ2) is 12.0. The fraction of sp³-hybridized carbons (Fsp3) is 0.524. The summed E-state index contributed by atoms with van der Waals surface area (Å²) in [5.74, 6) is 0.450.